The van der Waals surface area contributed by atoms with Crippen molar-refractivity contribution in [2.24, 2.45) is 0 Å². The van der Waals surface area contributed by atoms with Crippen molar-refractivity contribution in [2.45, 2.75) is 13.5 Å². The van der Waals surface area contributed by atoms with Crippen molar-refractivity contribution in [3.63, 3.8) is 0 Å². The molecule has 0 bridgehead atoms. The largest absolute Gasteiger partial charge is 0.497 e. The summed E-state index contributed by atoms with van der Waals surface area (Å²) in [6, 6.07) is 7.41. The van der Waals surface area contributed by atoms with E-state index in [1.807, 2.05) is 31.2 Å². The van der Waals surface area contributed by atoms with Gasteiger partial charge in [-0.1, -0.05) is 0 Å². The summed E-state index contributed by atoms with van der Waals surface area (Å²) in [5, 5.41) is 3.12. The molecular weight excluding hydrogens is 324 g/mol. The Balaban J connectivity index is 1.72. The highest BCUT2D eigenvalue weighted by Gasteiger charge is 2.10. The Labute approximate surface area is 123 Å². The monoisotopic (exact) mass is 336 g/mol. The molecular formula is C13H13BrN4O2. The zero-order valence-electron chi connectivity index (χ0n) is 11.1. The molecule has 0 radical (unpaired) electrons. The minimum atomic E-state index is 0.348. The Morgan fingerprint density at radius 1 is 1.20 bits per heavy atom. The summed E-state index contributed by atoms with van der Waals surface area (Å²) in [5.74, 6) is 2.90. The van der Waals surface area contributed by atoms with Crippen molar-refractivity contribution >= 4 is 21.7 Å². The third-order valence-electron chi connectivity index (χ3n) is 2.87. The lowest BCUT2D eigenvalue weighted by Crippen LogP contribution is -1.98. The molecule has 3 rings (SSSR count). The number of nitrogens with one attached hydrogen (secondary N) is 1. The predicted molar refractivity (Wildman–Crippen MR) is 77.1 cm³/mol. The number of fused-ring (bicyclic) bond motifs is 1. The molecule has 0 fully saturated rings. The van der Waals surface area contributed by atoms with Crippen molar-refractivity contribution < 1.29 is 9.47 Å². The maximum Gasteiger partial charge on any atom is 0.252 e. The van der Waals surface area contributed by atoms with E-state index >= 15 is 0 Å². The van der Waals surface area contributed by atoms with Crippen molar-refractivity contribution in [3.8, 4) is 11.5 Å². The number of aromatic nitrogens is 4. The van der Waals surface area contributed by atoms with E-state index in [0.29, 0.717) is 18.2 Å². The number of benzene rings is 1. The van der Waals surface area contributed by atoms with E-state index in [2.05, 4.69) is 31.0 Å². The van der Waals surface area contributed by atoms with Crippen LogP contribution in [0.15, 0.2) is 28.9 Å². The second-order valence-corrected chi connectivity index (χ2v) is 5.01. The van der Waals surface area contributed by atoms with Gasteiger partial charge in [0, 0.05) is 0 Å². The molecule has 0 unspecified atom stereocenters. The number of aryl methyl sites for hydroxylation is 1. The Morgan fingerprint density at radius 3 is 2.55 bits per heavy atom. The number of H-pyrrole nitrogens is 1. The molecule has 1 N–H and O–H groups in total. The molecule has 0 amide bonds. The van der Waals surface area contributed by atoms with Gasteiger partial charge in [0.1, 0.15) is 22.7 Å². The highest BCUT2D eigenvalue weighted by Crippen LogP contribution is 2.19. The quantitative estimate of drug-likeness (QED) is 0.795. The highest BCUT2D eigenvalue weighted by molar-refractivity contribution is 9.10. The van der Waals surface area contributed by atoms with E-state index in [1.165, 1.54) is 0 Å². The van der Waals surface area contributed by atoms with Gasteiger partial charge < -0.3 is 9.47 Å². The maximum absolute atomic E-state index is 5.65. The van der Waals surface area contributed by atoms with Gasteiger partial charge in [-0.2, -0.15) is 4.98 Å². The molecule has 0 saturated carbocycles. The molecule has 0 aliphatic heterocycles. The summed E-state index contributed by atoms with van der Waals surface area (Å²) in [7, 11) is 1.63. The fourth-order valence-corrected chi connectivity index (χ4v) is 2.17. The second-order valence-electron chi connectivity index (χ2n) is 4.26. The van der Waals surface area contributed by atoms with Gasteiger partial charge in [-0.15, -0.1) is 0 Å². The molecule has 3 aromatic rings. The van der Waals surface area contributed by atoms with Gasteiger partial charge in [-0.25, -0.2) is 9.50 Å². The number of hydrogen-bond acceptors (Lipinski definition) is 4. The van der Waals surface area contributed by atoms with Crippen LogP contribution in [-0.4, -0.2) is 26.7 Å². The van der Waals surface area contributed by atoms with E-state index in [9.17, 15) is 0 Å². The topological polar surface area (TPSA) is 64.4 Å². The first-order valence-corrected chi connectivity index (χ1v) is 6.83. The third-order valence-corrected chi connectivity index (χ3v) is 3.80. The lowest BCUT2D eigenvalue weighted by atomic mass is 10.3. The van der Waals surface area contributed by atoms with Crippen LogP contribution in [0.2, 0.25) is 0 Å². The SMILES string of the molecule is COc1ccc(OCc2nc3nc(C)c(Br)n3[nH]2)cc1. The van der Waals surface area contributed by atoms with Gasteiger partial charge in [-0.05, 0) is 47.1 Å². The zero-order valence-corrected chi connectivity index (χ0v) is 12.6. The smallest absolute Gasteiger partial charge is 0.252 e. The number of aromatic amines is 1. The van der Waals surface area contributed by atoms with E-state index in [4.69, 9.17) is 9.47 Å². The summed E-state index contributed by atoms with van der Waals surface area (Å²) >= 11 is 3.45. The molecule has 104 valence electrons. The fourth-order valence-electron chi connectivity index (χ4n) is 1.83. The van der Waals surface area contributed by atoms with E-state index in [0.717, 1.165) is 21.8 Å². The van der Waals surface area contributed by atoms with Crippen LogP contribution in [0.3, 0.4) is 0 Å². The van der Waals surface area contributed by atoms with E-state index < -0.39 is 0 Å². The standard InChI is InChI=1S/C13H13BrN4O2/c1-8-12(14)18-13(15-8)16-11(17-18)7-20-10-5-3-9(19-2)4-6-10/h3-6H,7H2,1-2H3,(H,15,16,17). The van der Waals surface area contributed by atoms with E-state index in [1.54, 1.807) is 11.6 Å². The number of methoxy groups -OCH3 is 1. The first-order valence-electron chi connectivity index (χ1n) is 6.03. The van der Waals surface area contributed by atoms with Crippen LogP contribution in [0, 0.1) is 6.92 Å². The summed E-state index contributed by atoms with van der Waals surface area (Å²) in [6.07, 6.45) is 0. The maximum atomic E-state index is 5.65. The van der Waals surface area contributed by atoms with Gasteiger partial charge in [0.2, 0.25) is 0 Å². The average Bonchev–Trinajstić information content (AvgIpc) is 2.97. The van der Waals surface area contributed by atoms with Crippen molar-refractivity contribution in [1.82, 2.24) is 19.6 Å². The molecule has 2 heterocycles. The zero-order chi connectivity index (χ0) is 14.1. The van der Waals surface area contributed by atoms with Crippen molar-refractivity contribution in [2.75, 3.05) is 7.11 Å². The molecule has 0 spiro atoms. The lowest BCUT2D eigenvalue weighted by Gasteiger charge is -2.04. The van der Waals surface area contributed by atoms with Crippen LogP contribution >= 0.6 is 15.9 Å². The second kappa shape index (κ2) is 5.16. The molecule has 20 heavy (non-hydrogen) atoms. The first kappa shape index (κ1) is 13.0. The van der Waals surface area contributed by atoms with Crippen molar-refractivity contribution in [1.29, 1.82) is 0 Å². The Bertz CT molecular complexity index is 733. The number of halogens is 1. The third kappa shape index (κ3) is 2.36. The highest BCUT2D eigenvalue weighted by atomic mass is 79.9. The first-order chi connectivity index (χ1) is 9.67. The van der Waals surface area contributed by atoms with Crippen molar-refractivity contribution in [3.05, 3.63) is 40.4 Å². The van der Waals surface area contributed by atoms with Crippen LogP contribution < -0.4 is 9.47 Å². The summed E-state index contributed by atoms with van der Waals surface area (Å²) < 4.78 is 13.4. The number of hydrogen-bond donors (Lipinski definition) is 1. The lowest BCUT2D eigenvalue weighted by molar-refractivity contribution is 0.295. The summed E-state index contributed by atoms with van der Waals surface area (Å²) in [4.78, 5) is 8.67. The van der Waals surface area contributed by atoms with E-state index in [-0.39, 0.29) is 0 Å². The van der Waals surface area contributed by atoms with Crippen LogP contribution in [0.25, 0.3) is 5.78 Å². The molecule has 1 aromatic carbocycles. The van der Waals surface area contributed by atoms with Gasteiger partial charge in [-0.3, -0.25) is 5.10 Å². The molecule has 0 aliphatic rings. The van der Waals surface area contributed by atoms with Crippen LogP contribution in [0.4, 0.5) is 0 Å². The van der Waals surface area contributed by atoms with Gasteiger partial charge in [0.15, 0.2) is 5.82 Å². The minimum absolute atomic E-state index is 0.348. The fraction of sp³-hybridized carbons (Fsp3) is 0.231. The summed E-state index contributed by atoms with van der Waals surface area (Å²) in [5.41, 5.74) is 0.895. The molecule has 0 aliphatic carbocycles. The minimum Gasteiger partial charge on any atom is -0.497 e. The number of imidazole rings is 1. The predicted octanol–water partition coefficient (Wildman–Crippen LogP) is 2.72. The average molecular weight is 337 g/mol. The molecule has 0 atom stereocenters. The molecule has 2 aromatic heterocycles. The number of rotatable bonds is 4. The van der Waals surface area contributed by atoms with Gasteiger partial charge in [0.25, 0.3) is 5.78 Å². The van der Waals surface area contributed by atoms with Gasteiger partial charge in [0.05, 0.1) is 12.8 Å². The molecule has 0 saturated heterocycles. The molecule has 7 heteroatoms. The Morgan fingerprint density at radius 2 is 1.90 bits per heavy atom. The summed E-state index contributed by atoms with van der Waals surface area (Å²) in [6.45, 7) is 2.27. The normalized spacial score (nSPS) is 10.9. The van der Waals surface area contributed by atoms with Crippen LogP contribution in [0.5, 0.6) is 11.5 Å². The molecule has 6 nitrogen and oxygen atoms in total. The van der Waals surface area contributed by atoms with Crippen LogP contribution in [-0.2, 0) is 6.61 Å². The van der Waals surface area contributed by atoms with Crippen LogP contribution in [0.1, 0.15) is 11.5 Å². The Hall–Kier alpha value is -2.02. The number of nitrogens with zero attached hydrogens (tertiary/aromatic N) is 3. The number of ether oxygens (including phenoxy) is 2. The Kier molecular flexibility index (Phi) is 3.35. The van der Waals surface area contributed by atoms with Gasteiger partial charge >= 0.3 is 0 Å².